The maximum atomic E-state index is 11.3. The van der Waals surface area contributed by atoms with Crippen LogP contribution in [0.2, 0.25) is 0 Å². The molecule has 2 rings (SSSR count). The lowest BCUT2D eigenvalue weighted by atomic mass is 10.0. The predicted molar refractivity (Wildman–Crippen MR) is 74.0 cm³/mol. The number of aromatic nitrogens is 1. The number of methoxy groups -OCH3 is 1. The van der Waals surface area contributed by atoms with Gasteiger partial charge in [-0.15, -0.1) is 12.4 Å². The number of aryl methyl sites for hydroxylation is 1. The third-order valence-electron chi connectivity index (χ3n) is 2.95. The van der Waals surface area contributed by atoms with Gasteiger partial charge < -0.3 is 15.5 Å². The summed E-state index contributed by atoms with van der Waals surface area (Å²) in [5.41, 5.74) is 9.08. The lowest BCUT2D eigenvalue weighted by molar-refractivity contribution is -0.142. The number of nitrogens with two attached hydrogens (primary N) is 1. The second kappa shape index (κ2) is 5.89. The van der Waals surface area contributed by atoms with Gasteiger partial charge in [-0.05, 0) is 18.1 Å². The van der Waals surface area contributed by atoms with Crippen molar-refractivity contribution in [2.75, 3.05) is 7.11 Å². The normalized spacial score (nSPS) is 11.9. The van der Waals surface area contributed by atoms with Crippen LogP contribution in [-0.2, 0) is 16.0 Å². The van der Waals surface area contributed by atoms with Gasteiger partial charge in [0.25, 0.3) is 0 Å². The Morgan fingerprint density at radius 2 is 2.22 bits per heavy atom. The number of halogens is 1. The molecular formula is C13H17ClN2O2. The van der Waals surface area contributed by atoms with Gasteiger partial charge in [0.2, 0.25) is 0 Å². The zero-order chi connectivity index (χ0) is 12.4. The molecule has 2 aromatic rings. The minimum Gasteiger partial charge on any atom is -0.468 e. The van der Waals surface area contributed by atoms with Gasteiger partial charge in [-0.2, -0.15) is 0 Å². The van der Waals surface area contributed by atoms with Crippen molar-refractivity contribution in [3.63, 3.8) is 0 Å². The molecule has 3 N–H and O–H groups in total. The van der Waals surface area contributed by atoms with Gasteiger partial charge in [0.05, 0.1) is 7.11 Å². The predicted octanol–water partition coefficient (Wildman–Crippen LogP) is 1.94. The minimum atomic E-state index is -0.612. The molecule has 4 nitrogen and oxygen atoms in total. The quantitative estimate of drug-likeness (QED) is 0.836. The summed E-state index contributed by atoms with van der Waals surface area (Å²) in [7, 11) is 1.35. The number of ether oxygens (including phenoxy) is 1. The molecule has 0 aliphatic carbocycles. The van der Waals surface area contributed by atoms with E-state index in [0.717, 1.165) is 16.5 Å². The molecule has 0 saturated carbocycles. The fourth-order valence-corrected chi connectivity index (χ4v) is 2.00. The average Bonchev–Trinajstić information content (AvgIpc) is 2.73. The molecular weight excluding hydrogens is 252 g/mol. The summed E-state index contributed by atoms with van der Waals surface area (Å²) in [5, 5.41) is 1.12. The number of H-pyrrole nitrogens is 1. The fraction of sp³-hybridized carbons (Fsp3) is 0.308. The number of aromatic amines is 1. The summed E-state index contributed by atoms with van der Waals surface area (Å²) < 4.78 is 4.62. The van der Waals surface area contributed by atoms with E-state index in [4.69, 9.17) is 5.73 Å². The summed E-state index contributed by atoms with van der Waals surface area (Å²) in [6.45, 7) is 2.04. The largest absolute Gasteiger partial charge is 0.468 e. The topological polar surface area (TPSA) is 68.1 Å². The first-order chi connectivity index (χ1) is 8.13. The summed E-state index contributed by atoms with van der Waals surface area (Å²) in [5.74, 6) is -0.382. The van der Waals surface area contributed by atoms with Crippen molar-refractivity contribution in [3.05, 3.63) is 35.5 Å². The molecule has 98 valence electrons. The molecule has 0 radical (unpaired) electrons. The van der Waals surface area contributed by atoms with Crippen LogP contribution in [0.25, 0.3) is 10.9 Å². The Kier molecular flexibility index (Phi) is 4.76. The zero-order valence-electron chi connectivity index (χ0n) is 10.4. The zero-order valence-corrected chi connectivity index (χ0v) is 11.2. The maximum absolute atomic E-state index is 11.3. The van der Waals surface area contributed by atoms with Crippen LogP contribution in [0.3, 0.4) is 0 Å². The molecule has 1 aromatic heterocycles. The Morgan fingerprint density at radius 3 is 2.89 bits per heavy atom. The monoisotopic (exact) mass is 268 g/mol. The number of fused-ring (bicyclic) bond motifs is 1. The SMILES string of the molecule is COC(=O)C(N)Cc1c[nH]c2c(C)cccc12.Cl. The van der Waals surface area contributed by atoms with E-state index in [1.807, 2.05) is 31.3 Å². The van der Waals surface area contributed by atoms with Gasteiger partial charge in [0.15, 0.2) is 0 Å². The molecule has 1 aromatic carbocycles. The van der Waals surface area contributed by atoms with Crippen molar-refractivity contribution < 1.29 is 9.53 Å². The number of hydrogen-bond donors (Lipinski definition) is 2. The molecule has 0 saturated heterocycles. The van der Waals surface area contributed by atoms with Gasteiger partial charge in [0.1, 0.15) is 6.04 Å². The van der Waals surface area contributed by atoms with Crippen LogP contribution in [0.1, 0.15) is 11.1 Å². The first kappa shape index (κ1) is 14.5. The van der Waals surface area contributed by atoms with E-state index >= 15 is 0 Å². The third kappa shape index (κ3) is 2.66. The molecule has 0 spiro atoms. The molecule has 0 aliphatic rings. The van der Waals surface area contributed by atoms with Crippen LogP contribution in [0.15, 0.2) is 24.4 Å². The first-order valence-electron chi connectivity index (χ1n) is 5.52. The van der Waals surface area contributed by atoms with Crippen LogP contribution in [0.5, 0.6) is 0 Å². The number of nitrogens with one attached hydrogen (secondary N) is 1. The number of benzene rings is 1. The van der Waals surface area contributed by atoms with E-state index in [1.165, 1.54) is 12.7 Å². The number of carbonyl (C=O) groups excluding carboxylic acids is 1. The minimum absolute atomic E-state index is 0. The second-order valence-electron chi connectivity index (χ2n) is 4.15. The molecule has 5 heteroatoms. The molecule has 0 amide bonds. The highest BCUT2D eigenvalue weighted by Crippen LogP contribution is 2.22. The average molecular weight is 269 g/mol. The van der Waals surface area contributed by atoms with Crippen molar-refractivity contribution in [1.82, 2.24) is 4.98 Å². The summed E-state index contributed by atoms with van der Waals surface area (Å²) in [4.78, 5) is 14.5. The fourth-order valence-electron chi connectivity index (χ4n) is 2.00. The summed E-state index contributed by atoms with van der Waals surface area (Å²) >= 11 is 0. The van der Waals surface area contributed by atoms with Crippen molar-refractivity contribution in [1.29, 1.82) is 0 Å². The number of esters is 1. The van der Waals surface area contributed by atoms with E-state index in [1.54, 1.807) is 0 Å². The van der Waals surface area contributed by atoms with Gasteiger partial charge in [-0.3, -0.25) is 4.79 Å². The van der Waals surface area contributed by atoms with Gasteiger partial charge >= 0.3 is 5.97 Å². The number of hydrogen-bond acceptors (Lipinski definition) is 3. The number of rotatable bonds is 3. The Hall–Kier alpha value is -1.52. The van der Waals surface area contributed by atoms with Crippen molar-refractivity contribution in [2.45, 2.75) is 19.4 Å². The molecule has 1 unspecified atom stereocenters. The van der Waals surface area contributed by atoms with Crippen LogP contribution in [0.4, 0.5) is 0 Å². The highest BCUT2D eigenvalue weighted by molar-refractivity contribution is 5.87. The van der Waals surface area contributed by atoms with Gasteiger partial charge in [-0.25, -0.2) is 0 Å². The molecule has 18 heavy (non-hydrogen) atoms. The van der Waals surface area contributed by atoms with Crippen LogP contribution in [0, 0.1) is 6.92 Å². The Balaban J connectivity index is 0.00000162. The highest BCUT2D eigenvalue weighted by atomic mass is 35.5. The maximum Gasteiger partial charge on any atom is 0.322 e. The Morgan fingerprint density at radius 1 is 1.50 bits per heavy atom. The second-order valence-corrected chi connectivity index (χ2v) is 4.15. The molecule has 0 bridgehead atoms. The third-order valence-corrected chi connectivity index (χ3v) is 2.95. The van der Waals surface area contributed by atoms with Crippen molar-refractivity contribution >= 4 is 29.3 Å². The van der Waals surface area contributed by atoms with E-state index in [9.17, 15) is 4.79 Å². The molecule has 1 atom stereocenters. The summed E-state index contributed by atoms with van der Waals surface area (Å²) in [6, 6.07) is 5.46. The van der Waals surface area contributed by atoms with Crippen LogP contribution >= 0.6 is 12.4 Å². The van der Waals surface area contributed by atoms with Crippen molar-refractivity contribution in [3.8, 4) is 0 Å². The Labute approximate surface area is 112 Å². The van der Waals surface area contributed by atoms with E-state index in [0.29, 0.717) is 6.42 Å². The highest BCUT2D eigenvalue weighted by Gasteiger charge is 2.16. The van der Waals surface area contributed by atoms with E-state index < -0.39 is 6.04 Å². The van der Waals surface area contributed by atoms with Gasteiger partial charge in [0, 0.05) is 23.5 Å². The lowest BCUT2D eigenvalue weighted by Crippen LogP contribution is -2.33. The first-order valence-corrected chi connectivity index (χ1v) is 5.52. The molecule has 0 aliphatic heterocycles. The smallest absolute Gasteiger partial charge is 0.322 e. The number of carbonyl (C=O) groups is 1. The van der Waals surface area contributed by atoms with Crippen LogP contribution in [-0.4, -0.2) is 24.1 Å². The molecule has 0 fully saturated rings. The molecule has 1 heterocycles. The lowest BCUT2D eigenvalue weighted by Gasteiger charge is -2.08. The number of para-hydroxylation sites is 1. The van der Waals surface area contributed by atoms with Crippen molar-refractivity contribution in [2.24, 2.45) is 5.73 Å². The summed E-state index contributed by atoms with van der Waals surface area (Å²) in [6.07, 6.45) is 2.39. The van der Waals surface area contributed by atoms with Crippen LogP contribution < -0.4 is 5.73 Å². The Bertz CT molecular complexity index is 551. The van der Waals surface area contributed by atoms with Gasteiger partial charge in [-0.1, -0.05) is 18.2 Å². The standard InChI is InChI=1S/C13H16N2O2.ClH/c1-8-4-3-5-10-9(7-15-12(8)10)6-11(14)13(16)17-2;/h3-5,7,11,15H,6,14H2,1-2H3;1H. The van der Waals surface area contributed by atoms with E-state index in [-0.39, 0.29) is 18.4 Å². The van der Waals surface area contributed by atoms with E-state index in [2.05, 4.69) is 9.72 Å².